The smallest absolute Gasteiger partial charge is 0.295 e. The molecule has 0 amide bonds. The largest absolute Gasteiger partial charge is 0.494 e. The maximum absolute atomic E-state index is 13.6. The van der Waals surface area contributed by atoms with Crippen LogP contribution in [0.15, 0.2) is 36.4 Å². The molecular weight excluding hydrogens is 303 g/mol. The second-order valence-electron chi connectivity index (χ2n) is 4.69. The highest BCUT2D eigenvalue weighted by atomic mass is 19.1. The summed E-state index contributed by atoms with van der Waals surface area (Å²) in [5.41, 5.74) is 0.730. The number of hydrogen-bond donors (Lipinski definition) is 1. The number of methoxy groups -OCH3 is 1. The van der Waals surface area contributed by atoms with E-state index < -0.39 is 10.7 Å². The Hall–Kier alpha value is -2.83. The Morgan fingerprint density at radius 3 is 2.74 bits per heavy atom. The summed E-state index contributed by atoms with van der Waals surface area (Å²) in [4.78, 5) is 10.4. The lowest BCUT2D eigenvalue weighted by Crippen LogP contribution is -2.04. The van der Waals surface area contributed by atoms with Crippen molar-refractivity contribution in [2.75, 3.05) is 19.0 Å². The van der Waals surface area contributed by atoms with E-state index in [2.05, 4.69) is 5.32 Å². The van der Waals surface area contributed by atoms with E-state index in [1.807, 2.05) is 31.2 Å². The van der Waals surface area contributed by atoms with Crippen molar-refractivity contribution >= 4 is 11.4 Å². The fourth-order valence-electron chi connectivity index (χ4n) is 2.10. The molecule has 0 aliphatic rings. The molecule has 23 heavy (non-hydrogen) atoms. The molecule has 0 heterocycles. The van der Waals surface area contributed by atoms with E-state index in [0.717, 1.165) is 17.4 Å². The van der Waals surface area contributed by atoms with Crippen molar-refractivity contribution in [2.45, 2.75) is 13.5 Å². The topological polar surface area (TPSA) is 73.6 Å². The number of nitrogens with zero attached hydrogens (tertiary/aromatic N) is 1. The van der Waals surface area contributed by atoms with Gasteiger partial charge >= 0.3 is 0 Å². The van der Waals surface area contributed by atoms with Gasteiger partial charge in [0.15, 0.2) is 11.6 Å². The minimum absolute atomic E-state index is 0.0545. The first-order valence-corrected chi connectivity index (χ1v) is 7.02. The predicted molar refractivity (Wildman–Crippen MR) is 84.5 cm³/mol. The molecule has 2 aromatic rings. The SMILES string of the molecule is CCOc1cccc(CNc2cc(OC)c(F)cc2[N+](=O)[O-])c1. The van der Waals surface area contributed by atoms with Crippen molar-refractivity contribution in [3.8, 4) is 11.5 Å². The van der Waals surface area contributed by atoms with Crippen molar-refractivity contribution in [3.63, 3.8) is 0 Å². The fraction of sp³-hybridized carbons (Fsp3) is 0.250. The van der Waals surface area contributed by atoms with Crippen LogP contribution in [-0.4, -0.2) is 18.6 Å². The van der Waals surface area contributed by atoms with Gasteiger partial charge in [0.1, 0.15) is 11.4 Å². The van der Waals surface area contributed by atoms with E-state index in [4.69, 9.17) is 9.47 Å². The second-order valence-corrected chi connectivity index (χ2v) is 4.69. The third kappa shape index (κ3) is 4.09. The molecule has 0 saturated carbocycles. The van der Waals surface area contributed by atoms with Crippen LogP contribution in [-0.2, 0) is 6.54 Å². The summed E-state index contributed by atoms with van der Waals surface area (Å²) in [6, 6.07) is 9.49. The van der Waals surface area contributed by atoms with Crippen LogP contribution in [0.25, 0.3) is 0 Å². The Kier molecular flexibility index (Phi) is 5.35. The van der Waals surface area contributed by atoms with E-state index in [1.54, 1.807) is 0 Å². The van der Waals surface area contributed by atoms with Crippen LogP contribution in [0.1, 0.15) is 12.5 Å². The zero-order chi connectivity index (χ0) is 16.8. The van der Waals surface area contributed by atoms with E-state index in [1.165, 1.54) is 13.2 Å². The van der Waals surface area contributed by atoms with Gasteiger partial charge in [-0.1, -0.05) is 12.1 Å². The van der Waals surface area contributed by atoms with Crippen LogP contribution < -0.4 is 14.8 Å². The molecule has 0 aliphatic carbocycles. The second kappa shape index (κ2) is 7.44. The number of anilines is 1. The number of nitrogens with one attached hydrogen (secondary N) is 1. The summed E-state index contributed by atoms with van der Waals surface area (Å²) in [7, 11) is 1.31. The van der Waals surface area contributed by atoms with Crippen LogP contribution in [0.4, 0.5) is 15.8 Å². The van der Waals surface area contributed by atoms with Crippen LogP contribution in [0, 0.1) is 15.9 Å². The van der Waals surface area contributed by atoms with Gasteiger partial charge in [0.2, 0.25) is 0 Å². The Morgan fingerprint density at radius 2 is 2.09 bits per heavy atom. The predicted octanol–water partition coefficient (Wildman–Crippen LogP) is 3.75. The number of rotatable bonds is 7. The Morgan fingerprint density at radius 1 is 1.30 bits per heavy atom. The third-order valence-electron chi connectivity index (χ3n) is 3.16. The molecule has 7 heteroatoms. The molecular formula is C16H17FN2O4. The molecule has 0 atom stereocenters. The number of nitro groups is 1. The minimum atomic E-state index is -0.775. The molecule has 122 valence electrons. The monoisotopic (exact) mass is 320 g/mol. The average Bonchev–Trinajstić information content (AvgIpc) is 2.54. The van der Waals surface area contributed by atoms with Crippen molar-refractivity contribution in [1.29, 1.82) is 0 Å². The first kappa shape index (κ1) is 16.5. The Balaban J connectivity index is 2.22. The third-order valence-corrected chi connectivity index (χ3v) is 3.16. The van der Waals surface area contributed by atoms with Gasteiger partial charge in [0.25, 0.3) is 5.69 Å². The summed E-state index contributed by atoms with van der Waals surface area (Å²) in [5, 5.41) is 14.0. The molecule has 0 aromatic heterocycles. The number of nitro benzene ring substituents is 1. The summed E-state index contributed by atoms with van der Waals surface area (Å²) in [6.07, 6.45) is 0. The highest BCUT2D eigenvalue weighted by Gasteiger charge is 2.18. The van der Waals surface area contributed by atoms with E-state index in [-0.39, 0.29) is 17.1 Å². The number of hydrogen-bond acceptors (Lipinski definition) is 5. The lowest BCUT2D eigenvalue weighted by Gasteiger charge is -2.11. The Bertz CT molecular complexity index is 706. The van der Waals surface area contributed by atoms with Crippen LogP contribution >= 0.6 is 0 Å². The van der Waals surface area contributed by atoms with E-state index in [9.17, 15) is 14.5 Å². The zero-order valence-corrected chi connectivity index (χ0v) is 12.8. The zero-order valence-electron chi connectivity index (χ0n) is 12.8. The standard InChI is InChI=1S/C16H17FN2O4/c1-3-23-12-6-4-5-11(7-12)10-18-14-9-16(22-2)13(17)8-15(14)19(20)21/h4-9,18H,3,10H2,1-2H3. The van der Waals surface area contributed by atoms with Gasteiger partial charge in [-0.2, -0.15) is 0 Å². The number of ether oxygens (including phenoxy) is 2. The lowest BCUT2D eigenvalue weighted by atomic mass is 10.2. The normalized spacial score (nSPS) is 10.2. The highest BCUT2D eigenvalue weighted by molar-refractivity contribution is 5.64. The maximum atomic E-state index is 13.6. The summed E-state index contributed by atoms with van der Waals surface area (Å²) in [6.45, 7) is 2.77. The first-order valence-electron chi connectivity index (χ1n) is 7.02. The fourth-order valence-corrected chi connectivity index (χ4v) is 2.10. The van der Waals surface area contributed by atoms with Crippen molar-refractivity contribution in [2.24, 2.45) is 0 Å². The molecule has 0 bridgehead atoms. The number of benzene rings is 2. The quantitative estimate of drug-likeness (QED) is 0.621. The molecule has 0 radical (unpaired) electrons. The summed E-state index contributed by atoms with van der Waals surface area (Å²) in [5.74, 6) is -0.109. The molecule has 6 nitrogen and oxygen atoms in total. The van der Waals surface area contributed by atoms with Crippen molar-refractivity contribution < 1.29 is 18.8 Å². The maximum Gasteiger partial charge on any atom is 0.295 e. The van der Waals surface area contributed by atoms with E-state index in [0.29, 0.717) is 13.2 Å². The van der Waals surface area contributed by atoms with Gasteiger partial charge in [-0.05, 0) is 24.6 Å². The summed E-state index contributed by atoms with van der Waals surface area (Å²) < 4.78 is 23.9. The van der Waals surface area contributed by atoms with Gasteiger partial charge < -0.3 is 14.8 Å². The lowest BCUT2D eigenvalue weighted by molar-refractivity contribution is -0.384. The van der Waals surface area contributed by atoms with Crippen molar-refractivity contribution in [1.82, 2.24) is 0 Å². The highest BCUT2D eigenvalue weighted by Crippen LogP contribution is 2.32. The van der Waals surface area contributed by atoms with Crippen LogP contribution in [0.2, 0.25) is 0 Å². The molecule has 0 unspecified atom stereocenters. The van der Waals surface area contributed by atoms with Gasteiger partial charge in [-0.25, -0.2) is 4.39 Å². The van der Waals surface area contributed by atoms with Gasteiger partial charge in [-0.15, -0.1) is 0 Å². The van der Waals surface area contributed by atoms with E-state index >= 15 is 0 Å². The molecule has 0 spiro atoms. The first-order chi connectivity index (χ1) is 11.0. The van der Waals surface area contributed by atoms with Crippen LogP contribution in [0.3, 0.4) is 0 Å². The Labute approximate surface area is 133 Å². The van der Waals surface area contributed by atoms with Gasteiger partial charge in [0.05, 0.1) is 24.7 Å². The van der Waals surface area contributed by atoms with Crippen molar-refractivity contribution in [3.05, 3.63) is 57.9 Å². The molecule has 2 aromatic carbocycles. The van der Waals surface area contributed by atoms with Gasteiger partial charge in [-0.3, -0.25) is 10.1 Å². The van der Waals surface area contributed by atoms with Crippen LogP contribution in [0.5, 0.6) is 11.5 Å². The molecule has 1 N–H and O–H groups in total. The molecule has 0 aliphatic heterocycles. The minimum Gasteiger partial charge on any atom is -0.494 e. The number of halogens is 1. The van der Waals surface area contributed by atoms with Gasteiger partial charge in [0, 0.05) is 12.6 Å². The average molecular weight is 320 g/mol. The molecule has 0 fully saturated rings. The molecule has 2 rings (SSSR count). The summed E-state index contributed by atoms with van der Waals surface area (Å²) >= 11 is 0. The molecule has 0 saturated heterocycles.